The maximum Gasteiger partial charge on any atom is 0.194 e. The number of aliphatic imine (C=N–C) groups is 1. The third-order valence-corrected chi connectivity index (χ3v) is 5.04. The van der Waals surface area contributed by atoms with E-state index < -0.39 is 18.6 Å². The lowest BCUT2D eigenvalue weighted by Gasteiger charge is -2.24. The Bertz CT molecular complexity index is 1140. The zero-order valence-electron chi connectivity index (χ0n) is 18.5. The van der Waals surface area contributed by atoms with Crippen LogP contribution in [0.2, 0.25) is 0 Å². The molecule has 0 saturated heterocycles. The van der Waals surface area contributed by atoms with Crippen molar-refractivity contribution in [1.29, 1.82) is 10.8 Å². The number of alkyl halides is 1. The molecule has 1 aliphatic heterocycles. The number of aromatic nitrogens is 1. The number of hydrogen-bond acceptors (Lipinski definition) is 7. The molecule has 0 saturated carbocycles. The second-order valence-electron chi connectivity index (χ2n) is 7.45. The third-order valence-electron chi connectivity index (χ3n) is 5.04. The third kappa shape index (κ3) is 5.49. The summed E-state index contributed by atoms with van der Waals surface area (Å²) in [5.74, 6) is 0.149. The number of pyridine rings is 1. The van der Waals surface area contributed by atoms with Crippen molar-refractivity contribution < 1.29 is 13.5 Å². The zero-order chi connectivity index (χ0) is 24.0. The molecule has 0 unspecified atom stereocenters. The Labute approximate surface area is 191 Å². The minimum Gasteiger partial charge on any atom is -0.482 e. The lowest BCUT2D eigenvalue weighted by atomic mass is 9.98. The molecule has 33 heavy (non-hydrogen) atoms. The van der Waals surface area contributed by atoms with Crippen LogP contribution in [0.5, 0.6) is 5.75 Å². The Morgan fingerprint density at radius 2 is 2.21 bits per heavy atom. The molecule has 2 heterocycles. The van der Waals surface area contributed by atoms with Crippen molar-refractivity contribution in [2.75, 3.05) is 19.8 Å². The number of ether oxygens (including phenoxy) is 1. The van der Waals surface area contributed by atoms with Crippen molar-refractivity contribution in [3.8, 4) is 5.75 Å². The van der Waals surface area contributed by atoms with Gasteiger partial charge in [-0.05, 0) is 50.9 Å². The van der Waals surface area contributed by atoms with Crippen LogP contribution in [0.3, 0.4) is 0 Å². The van der Waals surface area contributed by atoms with E-state index in [4.69, 9.17) is 15.6 Å². The van der Waals surface area contributed by atoms with Crippen molar-refractivity contribution in [2.24, 2.45) is 4.99 Å². The molecule has 1 atom stereocenters. The van der Waals surface area contributed by atoms with Gasteiger partial charge >= 0.3 is 0 Å². The molecule has 3 rings (SSSR count). The maximum absolute atomic E-state index is 14.2. The van der Waals surface area contributed by atoms with E-state index in [1.165, 1.54) is 18.3 Å². The first-order valence-corrected chi connectivity index (χ1v) is 10.4. The van der Waals surface area contributed by atoms with Crippen LogP contribution >= 0.6 is 0 Å². The summed E-state index contributed by atoms with van der Waals surface area (Å²) in [5.41, 5.74) is 3.69. The van der Waals surface area contributed by atoms with Gasteiger partial charge in [0.1, 0.15) is 18.6 Å². The van der Waals surface area contributed by atoms with Gasteiger partial charge in [0.05, 0.1) is 0 Å². The standard InChI is InChI=1S/C24H26F2N6O/c1-14(28)8-21-19-5-4-18(26)10-20(19)15(2)33-22-9-16(12-32-24(22)29-3)23(30-7-6-25)17(11-27)13-31-21/h4-5,8-12,15,27-28,30-31H,3,6-7,13H2,1-2H3/b21-8-,23-17+,27-11?,28-14?/t15-/m1/s1. The number of benzene rings is 1. The van der Waals surface area contributed by atoms with Gasteiger partial charge in [-0.25, -0.2) is 18.8 Å². The first-order chi connectivity index (χ1) is 15.9. The van der Waals surface area contributed by atoms with Gasteiger partial charge in [0, 0.05) is 64.9 Å². The minimum absolute atomic E-state index is 0.0468. The summed E-state index contributed by atoms with van der Waals surface area (Å²) < 4.78 is 33.3. The van der Waals surface area contributed by atoms with E-state index in [9.17, 15) is 8.78 Å². The number of halogens is 2. The molecule has 0 aliphatic carbocycles. The monoisotopic (exact) mass is 452 g/mol. The van der Waals surface area contributed by atoms with E-state index in [2.05, 4.69) is 27.3 Å². The molecule has 2 bridgehead atoms. The normalized spacial score (nSPS) is 19.3. The van der Waals surface area contributed by atoms with Gasteiger partial charge in [-0.3, -0.25) is 0 Å². The second-order valence-corrected chi connectivity index (χ2v) is 7.45. The fraction of sp³-hybridized carbons (Fsp3) is 0.250. The van der Waals surface area contributed by atoms with E-state index in [0.717, 1.165) is 0 Å². The molecule has 1 aromatic carbocycles. The molecule has 0 amide bonds. The van der Waals surface area contributed by atoms with Gasteiger partial charge in [0.2, 0.25) is 0 Å². The van der Waals surface area contributed by atoms with Crippen LogP contribution in [-0.2, 0) is 0 Å². The van der Waals surface area contributed by atoms with Crippen molar-refractivity contribution in [3.05, 3.63) is 64.6 Å². The quantitative estimate of drug-likeness (QED) is 0.481. The summed E-state index contributed by atoms with van der Waals surface area (Å²) in [6, 6.07) is 6.04. The number of hydrogen-bond donors (Lipinski definition) is 4. The Morgan fingerprint density at radius 1 is 1.42 bits per heavy atom. The molecule has 9 heteroatoms. The van der Waals surface area contributed by atoms with Gasteiger partial charge in [0.25, 0.3) is 0 Å². The van der Waals surface area contributed by atoms with E-state index in [-0.39, 0.29) is 24.6 Å². The predicted octanol–water partition coefficient (Wildman–Crippen LogP) is 4.60. The van der Waals surface area contributed by atoms with E-state index in [1.807, 2.05) is 0 Å². The first kappa shape index (κ1) is 23.8. The average molecular weight is 453 g/mol. The summed E-state index contributed by atoms with van der Waals surface area (Å²) >= 11 is 0. The molecule has 4 N–H and O–H groups in total. The molecule has 172 valence electrons. The SMILES string of the molecule is C=Nc1ncc2cc1O[C@H](C)c1cc(F)ccc1/C(=C/C(C)=N)NC/C(C=N)=C\2NCCF. The van der Waals surface area contributed by atoms with Crippen molar-refractivity contribution in [1.82, 2.24) is 15.6 Å². The molecule has 1 aliphatic rings. The van der Waals surface area contributed by atoms with Crippen LogP contribution in [0, 0.1) is 16.6 Å². The van der Waals surface area contributed by atoms with Gasteiger partial charge in [-0.1, -0.05) is 0 Å². The molecule has 0 spiro atoms. The van der Waals surface area contributed by atoms with Crippen molar-refractivity contribution >= 4 is 35.9 Å². The van der Waals surface area contributed by atoms with E-state index >= 15 is 0 Å². The lowest BCUT2D eigenvalue weighted by molar-refractivity contribution is 0.226. The second kappa shape index (κ2) is 10.6. The van der Waals surface area contributed by atoms with Crippen LogP contribution in [0.25, 0.3) is 11.4 Å². The van der Waals surface area contributed by atoms with Gasteiger partial charge in [-0.2, -0.15) is 0 Å². The summed E-state index contributed by atoms with van der Waals surface area (Å²) in [7, 11) is 0. The Morgan fingerprint density at radius 3 is 2.88 bits per heavy atom. The molecule has 1 aromatic heterocycles. The molecule has 0 fully saturated rings. The topological polar surface area (TPSA) is 106 Å². The van der Waals surface area contributed by atoms with Crippen molar-refractivity contribution in [2.45, 2.75) is 20.0 Å². The Hall–Kier alpha value is -3.88. The molecule has 2 aromatic rings. The zero-order valence-corrected chi connectivity index (χ0v) is 18.5. The van der Waals surface area contributed by atoms with Gasteiger partial charge in [-0.15, -0.1) is 0 Å². The van der Waals surface area contributed by atoms with Gasteiger partial charge < -0.3 is 26.2 Å². The number of fused-ring (bicyclic) bond motifs is 3. The first-order valence-electron chi connectivity index (χ1n) is 10.4. The Kier molecular flexibility index (Phi) is 7.66. The van der Waals surface area contributed by atoms with Crippen LogP contribution in [0.1, 0.15) is 36.6 Å². The summed E-state index contributed by atoms with van der Waals surface area (Å²) in [4.78, 5) is 8.22. The number of rotatable bonds is 6. The lowest BCUT2D eigenvalue weighted by Crippen LogP contribution is -2.24. The number of allylic oxidation sites excluding steroid dienone is 1. The number of nitrogens with zero attached hydrogens (tertiary/aromatic N) is 2. The molecule has 0 radical (unpaired) electrons. The highest BCUT2D eigenvalue weighted by Gasteiger charge is 2.21. The summed E-state index contributed by atoms with van der Waals surface area (Å²) in [6.45, 7) is 6.60. The summed E-state index contributed by atoms with van der Waals surface area (Å²) in [6.07, 6.45) is 3.74. The minimum atomic E-state index is -0.600. The molecular weight excluding hydrogens is 426 g/mol. The fourth-order valence-corrected chi connectivity index (χ4v) is 3.56. The smallest absolute Gasteiger partial charge is 0.194 e. The fourth-order valence-electron chi connectivity index (χ4n) is 3.56. The largest absolute Gasteiger partial charge is 0.482 e. The highest BCUT2D eigenvalue weighted by Crippen LogP contribution is 2.35. The van der Waals surface area contributed by atoms with Crippen LogP contribution in [-0.4, -0.2) is 43.4 Å². The number of nitrogens with one attached hydrogen (secondary N) is 4. The summed E-state index contributed by atoms with van der Waals surface area (Å²) in [5, 5.41) is 22.2. The maximum atomic E-state index is 14.2. The van der Waals surface area contributed by atoms with Crippen LogP contribution in [0.15, 0.2) is 47.1 Å². The van der Waals surface area contributed by atoms with E-state index in [0.29, 0.717) is 39.4 Å². The highest BCUT2D eigenvalue weighted by molar-refractivity contribution is 5.97. The van der Waals surface area contributed by atoms with Crippen LogP contribution in [0.4, 0.5) is 14.6 Å². The Balaban J connectivity index is 2.28. The van der Waals surface area contributed by atoms with E-state index in [1.54, 1.807) is 38.3 Å². The predicted molar refractivity (Wildman–Crippen MR) is 128 cm³/mol. The van der Waals surface area contributed by atoms with Crippen molar-refractivity contribution in [3.63, 3.8) is 0 Å². The van der Waals surface area contributed by atoms with Gasteiger partial charge in [0.15, 0.2) is 11.6 Å². The highest BCUT2D eigenvalue weighted by atomic mass is 19.1. The van der Waals surface area contributed by atoms with Crippen LogP contribution < -0.4 is 15.4 Å². The molecular formula is C24H26F2N6O. The molecule has 7 nitrogen and oxygen atoms in total. The average Bonchev–Trinajstić information content (AvgIpc) is 2.79.